The van der Waals surface area contributed by atoms with Crippen LogP contribution in [0.25, 0.3) is 22.2 Å². The van der Waals surface area contributed by atoms with Crippen LogP contribution >= 0.6 is 23.2 Å². The molecule has 0 bridgehead atoms. The Morgan fingerprint density at radius 3 is 2.58 bits per heavy atom. The molecule has 0 saturated carbocycles. The van der Waals surface area contributed by atoms with Crippen molar-refractivity contribution in [1.29, 1.82) is 0 Å². The molecule has 0 spiro atoms. The number of anilines is 1. The Balaban J connectivity index is 1.48. The van der Waals surface area contributed by atoms with Crippen molar-refractivity contribution in [3.05, 3.63) is 52.8 Å². The number of hydrogen-bond acceptors (Lipinski definition) is 7. The molecule has 1 N–H and O–H groups in total. The zero-order chi connectivity index (χ0) is 23.4. The maximum absolute atomic E-state index is 11.6. The number of carboxylic acid groups (broad SMARTS) is 1. The quantitative estimate of drug-likeness (QED) is 0.420. The maximum atomic E-state index is 11.6. The highest BCUT2D eigenvalue weighted by atomic mass is 35.5. The van der Waals surface area contributed by atoms with Crippen LogP contribution in [0.5, 0.6) is 0 Å². The van der Waals surface area contributed by atoms with Crippen molar-refractivity contribution in [3.63, 3.8) is 0 Å². The number of carbonyl (C=O) groups is 2. The van der Waals surface area contributed by atoms with Gasteiger partial charge in [0.25, 0.3) is 0 Å². The van der Waals surface area contributed by atoms with Gasteiger partial charge in [-0.15, -0.1) is 15.0 Å². The third-order valence-electron chi connectivity index (χ3n) is 4.85. The van der Waals surface area contributed by atoms with E-state index in [0.717, 1.165) is 16.6 Å². The summed E-state index contributed by atoms with van der Waals surface area (Å²) in [6, 6.07) is 15.0. The molecule has 1 aliphatic rings. The van der Waals surface area contributed by atoms with Crippen LogP contribution in [-0.2, 0) is 4.84 Å². The minimum Gasteiger partial charge on any atom is -0.463 e. The molecular weight excluding hydrogens is 471 g/mol. The van der Waals surface area contributed by atoms with Crippen LogP contribution < -0.4 is 4.90 Å². The normalized spacial score (nSPS) is 13.9. The molecule has 0 unspecified atom stereocenters. The molecule has 2 aromatic carbocycles. The number of piperazine rings is 1. The van der Waals surface area contributed by atoms with Crippen molar-refractivity contribution in [1.82, 2.24) is 15.0 Å². The minimum absolute atomic E-state index is 0.150. The summed E-state index contributed by atoms with van der Waals surface area (Å²) < 4.78 is 0. The summed E-state index contributed by atoms with van der Waals surface area (Å²) in [5.74, 6) is 0. The lowest BCUT2D eigenvalue weighted by atomic mass is 10.1. The lowest BCUT2D eigenvalue weighted by molar-refractivity contribution is -0.0983. The van der Waals surface area contributed by atoms with Crippen LogP contribution in [0.1, 0.15) is 0 Å². The minimum atomic E-state index is -1.50. The van der Waals surface area contributed by atoms with Gasteiger partial charge in [-0.2, -0.15) is 0 Å². The number of aliphatic imine (C=N–C) groups is 2. The molecule has 1 fully saturated rings. The fourth-order valence-corrected chi connectivity index (χ4v) is 3.77. The highest BCUT2D eigenvalue weighted by molar-refractivity contribution is 6.31. The van der Waals surface area contributed by atoms with E-state index in [-0.39, 0.29) is 5.28 Å². The van der Waals surface area contributed by atoms with Crippen molar-refractivity contribution in [3.8, 4) is 11.3 Å². The largest absolute Gasteiger partial charge is 0.463 e. The van der Waals surface area contributed by atoms with Gasteiger partial charge < -0.3 is 14.8 Å². The molecule has 0 atom stereocenters. The molecule has 3 aromatic rings. The Kier molecular flexibility index (Phi) is 6.81. The first-order valence-corrected chi connectivity index (χ1v) is 10.5. The van der Waals surface area contributed by atoms with E-state index in [1.165, 1.54) is 5.06 Å². The van der Waals surface area contributed by atoms with Crippen LogP contribution in [0, 0.1) is 0 Å². The van der Waals surface area contributed by atoms with Crippen LogP contribution in [-0.4, -0.2) is 64.5 Å². The lowest BCUT2D eigenvalue weighted by Crippen LogP contribution is -2.46. The van der Waals surface area contributed by atoms with E-state index in [9.17, 15) is 9.59 Å². The van der Waals surface area contributed by atoms with Crippen molar-refractivity contribution in [2.24, 2.45) is 9.98 Å². The second-order valence-electron chi connectivity index (χ2n) is 6.93. The molecule has 2 amide bonds. The maximum Gasteiger partial charge on any atom is 0.462 e. The number of rotatable bonds is 3. The molecule has 1 aliphatic heterocycles. The Hall–Kier alpha value is -3.56. The summed E-state index contributed by atoms with van der Waals surface area (Å²) in [5, 5.41) is 11.4. The molecule has 0 radical (unpaired) electrons. The first-order chi connectivity index (χ1) is 15.9. The highest BCUT2D eigenvalue weighted by Crippen LogP contribution is 2.31. The van der Waals surface area contributed by atoms with Gasteiger partial charge in [0.1, 0.15) is 6.01 Å². The number of benzene rings is 2. The van der Waals surface area contributed by atoms with E-state index in [0.29, 0.717) is 42.4 Å². The van der Waals surface area contributed by atoms with Gasteiger partial charge in [-0.1, -0.05) is 23.7 Å². The smallest absolute Gasteiger partial charge is 0.462 e. The van der Waals surface area contributed by atoms with Gasteiger partial charge in [0.2, 0.25) is 5.28 Å². The van der Waals surface area contributed by atoms with E-state index in [4.69, 9.17) is 33.1 Å². The van der Waals surface area contributed by atoms with E-state index < -0.39 is 12.2 Å². The molecule has 1 saturated heterocycles. The predicted octanol–water partition coefficient (Wildman–Crippen LogP) is 4.63. The molecule has 1 aromatic heterocycles. The van der Waals surface area contributed by atoms with Crippen LogP contribution in [0.2, 0.25) is 10.3 Å². The van der Waals surface area contributed by atoms with Gasteiger partial charge in [-0.3, -0.25) is 0 Å². The van der Waals surface area contributed by atoms with Crippen LogP contribution in [0.3, 0.4) is 0 Å². The lowest BCUT2D eigenvalue weighted by Gasteiger charge is -2.34. The summed E-state index contributed by atoms with van der Waals surface area (Å²) in [6.07, 6.45) is -2.48. The van der Waals surface area contributed by atoms with E-state index in [1.807, 2.05) is 30.3 Å². The summed E-state index contributed by atoms with van der Waals surface area (Å²) >= 11 is 12.3. The third-order valence-corrected chi connectivity index (χ3v) is 5.25. The molecule has 168 valence electrons. The highest BCUT2D eigenvalue weighted by Gasteiger charge is 2.21. The molecule has 2 heterocycles. The predicted molar refractivity (Wildman–Crippen MR) is 123 cm³/mol. The molecule has 10 nitrogen and oxygen atoms in total. The molecule has 4 rings (SSSR count). The van der Waals surface area contributed by atoms with E-state index in [1.54, 1.807) is 18.1 Å². The van der Waals surface area contributed by atoms with E-state index >= 15 is 0 Å². The van der Waals surface area contributed by atoms with Gasteiger partial charge in [0.15, 0.2) is 0 Å². The number of nitrogens with zero attached hydrogens (tertiary/aromatic N) is 6. The molecule has 12 heteroatoms. The first-order valence-electron chi connectivity index (χ1n) is 9.73. The van der Waals surface area contributed by atoms with Crippen LogP contribution in [0.4, 0.5) is 15.3 Å². The van der Waals surface area contributed by atoms with Gasteiger partial charge in [-0.25, -0.2) is 19.6 Å². The van der Waals surface area contributed by atoms with Crippen molar-refractivity contribution in [2.75, 3.05) is 31.1 Å². The molecule has 33 heavy (non-hydrogen) atoms. The fraction of sp³-hybridized carbons (Fsp3) is 0.190. The SMILES string of the molecule is O=C(O)N=C=NC(=O)ON1CCN(c2cccc(-c3nc(Cl)nc4ccc(Cl)cc34)c2)CC1. The summed E-state index contributed by atoms with van der Waals surface area (Å²) in [6.45, 7) is 2.03. The van der Waals surface area contributed by atoms with Crippen molar-refractivity contribution >= 4 is 58.0 Å². The second kappa shape index (κ2) is 9.93. The van der Waals surface area contributed by atoms with Gasteiger partial charge in [0.05, 0.1) is 24.3 Å². The zero-order valence-corrected chi connectivity index (χ0v) is 18.5. The van der Waals surface area contributed by atoms with Gasteiger partial charge >= 0.3 is 12.2 Å². The zero-order valence-electron chi connectivity index (χ0n) is 17.0. The first kappa shape index (κ1) is 22.6. The molecular formula is C21H16Cl2N6O4. The summed E-state index contributed by atoms with van der Waals surface area (Å²) in [7, 11) is 0. The van der Waals surface area contributed by atoms with Crippen molar-refractivity contribution in [2.45, 2.75) is 0 Å². The Bertz CT molecular complexity index is 1290. The second-order valence-corrected chi connectivity index (χ2v) is 7.71. The van der Waals surface area contributed by atoms with Crippen molar-refractivity contribution < 1.29 is 19.5 Å². The van der Waals surface area contributed by atoms with Gasteiger partial charge in [0, 0.05) is 34.7 Å². The number of amides is 2. The Labute approximate surface area is 197 Å². The number of hydrogen-bond donors (Lipinski definition) is 1. The Morgan fingerprint density at radius 1 is 1.03 bits per heavy atom. The molecule has 0 aliphatic carbocycles. The fourth-order valence-electron chi connectivity index (χ4n) is 3.42. The number of carbonyl (C=O) groups excluding carboxylic acids is 1. The monoisotopic (exact) mass is 486 g/mol. The standard InChI is InChI=1S/C21H16Cl2N6O4/c22-14-4-5-17-16(11-14)18(27-19(23)26-17)13-2-1-3-15(10-13)28-6-8-29(9-7-28)33-21(32)25-12-24-20(30)31/h1-5,10-11H,6-9H2,(H,30,31). The third kappa shape index (κ3) is 5.63. The van der Waals surface area contributed by atoms with E-state index in [2.05, 4.69) is 24.9 Å². The average Bonchev–Trinajstić information content (AvgIpc) is 2.79. The number of halogens is 2. The van der Waals surface area contributed by atoms with Crippen LogP contribution in [0.15, 0.2) is 52.4 Å². The number of fused-ring (bicyclic) bond motifs is 1. The number of aromatic nitrogens is 2. The average molecular weight is 487 g/mol. The number of hydroxylamine groups is 2. The Morgan fingerprint density at radius 2 is 1.82 bits per heavy atom. The topological polar surface area (TPSA) is 121 Å². The van der Waals surface area contributed by atoms with Gasteiger partial charge in [-0.05, 0) is 41.9 Å². The summed E-state index contributed by atoms with van der Waals surface area (Å²) in [4.78, 5) is 43.8. The summed E-state index contributed by atoms with van der Waals surface area (Å²) in [5.41, 5.74) is 3.22.